The van der Waals surface area contributed by atoms with E-state index in [2.05, 4.69) is 5.32 Å². The van der Waals surface area contributed by atoms with Crippen molar-refractivity contribution in [1.29, 1.82) is 0 Å². The van der Waals surface area contributed by atoms with Crippen LogP contribution in [0.3, 0.4) is 0 Å². The number of aromatic nitrogens is 1. The molecule has 6 nitrogen and oxygen atoms in total. The van der Waals surface area contributed by atoms with Crippen molar-refractivity contribution in [2.24, 2.45) is 0 Å². The second kappa shape index (κ2) is 9.79. The van der Waals surface area contributed by atoms with E-state index in [0.717, 1.165) is 33.2 Å². The van der Waals surface area contributed by atoms with E-state index in [1.165, 1.54) is 11.8 Å². The molecule has 0 fully saturated rings. The van der Waals surface area contributed by atoms with Crippen molar-refractivity contribution in [3.8, 4) is 0 Å². The first-order chi connectivity index (χ1) is 16.0. The molecule has 0 atom stereocenters. The summed E-state index contributed by atoms with van der Waals surface area (Å²) in [4.78, 5) is 30.9. The molecule has 1 aromatic heterocycles. The first kappa shape index (κ1) is 22.4. The first-order valence-electron chi connectivity index (χ1n) is 11.1. The quantitative estimate of drug-likeness (QED) is 0.360. The van der Waals surface area contributed by atoms with Crippen LogP contribution in [0, 0.1) is 0 Å². The van der Waals surface area contributed by atoms with Crippen LogP contribution in [0.4, 0.5) is 17.1 Å². The molecule has 4 rings (SSSR count). The molecule has 0 spiro atoms. The van der Waals surface area contributed by atoms with Gasteiger partial charge in [0.1, 0.15) is 5.78 Å². The van der Waals surface area contributed by atoms with E-state index in [1.54, 1.807) is 6.07 Å². The summed E-state index contributed by atoms with van der Waals surface area (Å²) in [6, 6.07) is 21.3. The van der Waals surface area contributed by atoms with Crippen LogP contribution in [0.5, 0.6) is 0 Å². The van der Waals surface area contributed by atoms with E-state index in [0.29, 0.717) is 24.1 Å². The third kappa shape index (κ3) is 4.86. The zero-order valence-electron chi connectivity index (χ0n) is 18.8. The minimum absolute atomic E-state index is 0.00568. The van der Waals surface area contributed by atoms with Gasteiger partial charge in [-0.15, -0.1) is 0 Å². The van der Waals surface area contributed by atoms with Gasteiger partial charge in [0.05, 0.1) is 29.9 Å². The summed E-state index contributed by atoms with van der Waals surface area (Å²) < 4.78 is 0. The molecule has 0 aliphatic rings. The van der Waals surface area contributed by atoms with Crippen LogP contribution < -0.4 is 10.2 Å². The molecular weight excluding hydrogens is 414 g/mol. The minimum Gasteiger partial charge on any atom is -0.392 e. The number of hydrogen-bond donors (Lipinski definition) is 2. The Morgan fingerprint density at radius 2 is 1.61 bits per heavy atom. The first-order valence-corrected chi connectivity index (χ1v) is 11.1. The Kier molecular flexibility index (Phi) is 6.66. The highest BCUT2D eigenvalue weighted by Gasteiger charge is 2.19. The molecule has 33 heavy (non-hydrogen) atoms. The average molecular weight is 442 g/mol. The van der Waals surface area contributed by atoms with Crippen molar-refractivity contribution in [3.05, 3.63) is 72.3 Å². The predicted octanol–water partition coefficient (Wildman–Crippen LogP) is 5.35. The summed E-state index contributed by atoms with van der Waals surface area (Å²) in [5.74, 6) is -0.219. The van der Waals surface area contributed by atoms with E-state index in [4.69, 9.17) is 4.98 Å². The number of aliphatic hydroxyl groups is 1. The number of amides is 1. The average Bonchev–Trinajstić information content (AvgIpc) is 2.82. The number of rotatable bonds is 8. The summed E-state index contributed by atoms with van der Waals surface area (Å²) in [6.45, 7) is 3.21. The fraction of sp³-hybridized carbons (Fsp3) is 0.222. The maximum Gasteiger partial charge on any atom is 0.227 e. The zero-order chi connectivity index (χ0) is 23.4. The summed E-state index contributed by atoms with van der Waals surface area (Å²) >= 11 is 0. The van der Waals surface area contributed by atoms with Crippen LogP contribution >= 0.6 is 0 Å². The molecule has 2 N–H and O–H groups in total. The molecule has 0 aliphatic heterocycles. The molecule has 3 aromatic carbocycles. The van der Waals surface area contributed by atoms with Crippen molar-refractivity contribution >= 4 is 50.6 Å². The molecular formula is C27H27N3O3. The number of nitrogens with zero attached hydrogens (tertiary/aromatic N) is 2. The fourth-order valence-electron chi connectivity index (χ4n) is 4.01. The standard InChI is InChI=1S/C27H27N3O3/c1-3-8-26(33)30(16-18(2)32)21-14-19(17-31)13-20(15-21)28-27-22-9-4-6-11-24(22)29-25-12-7-5-10-23(25)27/h4-7,9-15,31H,3,8,16-17H2,1-2H3,(H,28,29). The van der Waals surface area contributed by atoms with Gasteiger partial charge in [0.2, 0.25) is 5.91 Å². The summed E-state index contributed by atoms with van der Waals surface area (Å²) in [7, 11) is 0. The summed E-state index contributed by atoms with van der Waals surface area (Å²) in [6.07, 6.45) is 1.03. The maximum absolute atomic E-state index is 12.8. The lowest BCUT2D eigenvalue weighted by molar-refractivity contribution is -0.122. The third-order valence-electron chi connectivity index (χ3n) is 5.47. The maximum atomic E-state index is 12.8. The number of carbonyl (C=O) groups excluding carboxylic acids is 2. The number of aliphatic hydroxyl groups excluding tert-OH is 1. The molecule has 4 aromatic rings. The Morgan fingerprint density at radius 1 is 0.970 bits per heavy atom. The Balaban J connectivity index is 1.84. The van der Waals surface area contributed by atoms with Gasteiger partial charge in [0, 0.05) is 28.6 Å². The topological polar surface area (TPSA) is 82.5 Å². The Hall–Kier alpha value is -3.77. The smallest absolute Gasteiger partial charge is 0.227 e. The van der Waals surface area contributed by atoms with Crippen LogP contribution in [0.25, 0.3) is 21.8 Å². The van der Waals surface area contributed by atoms with Crippen molar-refractivity contribution in [2.45, 2.75) is 33.3 Å². The van der Waals surface area contributed by atoms with Gasteiger partial charge in [0.15, 0.2) is 0 Å². The number of hydrogen-bond acceptors (Lipinski definition) is 5. The summed E-state index contributed by atoms with van der Waals surface area (Å²) in [5, 5.41) is 15.3. The number of carbonyl (C=O) groups is 2. The lowest BCUT2D eigenvalue weighted by Gasteiger charge is -2.23. The Labute approximate surface area is 192 Å². The highest BCUT2D eigenvalue weighted by molar-refractivity contribution is 6.09. The second-order valence-electron chi connectivity index (χ2n) is 8.12. The van der Waals surface area contributed by atoms with E-state index >= 15 is 0 Å². The van der Waals surface area contributed by atoms with Gasteiger partial charge in [-0.2, -0.15) is 0 Å². The van der Waals surface area contributed by atoms with Gasteiger partial charge < -0.3 is 15.3 Å². The zero-order valence-corrected chi connectivity index (χ0v) is 18.8. The Morgan fingerprint density at radius 3 is 2.18 bits per heavy atom. The van der Waals surface area contributed by atoms with Gasteiger partial charge in [-0.3, -0.25) is 9.59 Å². The molecule has 6 heteroatoms. The van der Waals surface area contributed by atoms with Crippen LogP contribution in [-0.2, 0) is 16.2 Å². The molecule has 168 valence electrons. The van der Waals surface area contributed by atoms with Crippen molar-refractivity contribution < 1.29 is 14.7 Å². The van der Waals surface area contributed by atoms with Gasteiger partial charge in [-0.05, 0) is 49.2 Å². The van der Waals surface area contributed by atoms with Gasteiger partial charge in [-0.1, -0.05) is 43.3 Å². The van der Waals surface area contributed by atoms with Crippen molar-refractivity contribution in [2.75, 3.05) is 16.8 Å². The normalized spacial score (nSPS) is 11.0. The Bertz CT molecular complexity index is 1280. The number of fused-ring (bicyclic) bond motifs is 2. The number of benzene rings is 3. The van der Waals surface area contributed by atoms with Crippen LogP contribution in [0.15, 0.2) is 66.7 Å². The monoisotopic (exact) mass is 441 g/mol. The fourth-order valence-corrected chi connectivity index (χ4v) is 4.01. The molecule has 0 unspecified atom stereocenters. The third-order valence-corrected chi connectivity index (χ3v) is 5.47. The van der Waals surface area contributed by atoms with Crippen LogP contribution in [0.1, 0.15) is 32.3 Å². The molecule has 1 amide bonds. The van der Waals surface area contributed by atoms with Gasteiger partial charge in [0.25, 0.3) is 0 Å². The lowest BCUT2D eigenvalue weighted by atomic mass is 10.1. The van der Waals surface area contributed by atoms with E-state index in [-0.39, 0.29) is 24.8 Å². The second-order valence-corrected chi connectivity index (χ2v) is 8.12. The molecule has 1 heterocycles. The van der Waals surface area contributed by atoms with E-state index in [1.807, 2.05) is 67.6 Å². The van der Waals surface area contributed by atoms with Gasteiger partial charge in [-0.25, -0.2) is 4.98 Å². The van der Waals surface area contributed by atoms with Crippen LogP contribution in [0.2, 0.25) is 0 Å². The van der Waals surface area contributed by atoms with Crippen molar-refractivity contribution in [1.82, 2.24) is 4.98 Å². The number of para-hydroxylation sites is 2. The molecule has 0 radical (unpaired) electrons. The van der Waals surface area contributed by atoms with E-state index in [9.17, 15) is 14.7 Å². The number of anilines is 3. The number of Topliss-reactive ketones (excluding diaryl/α,β-unsaturated/α-hetero) is 1. The molecule has 0 bridgehead atoms. The number of ketones is 1. The number of nitrogens with one attached hydrogen (secondary N) is 1. The van der Waals surface area contributed by atoms with Crippen LogP contribution in [-0.4, -0.2) is 28.3 Å². The molecule has 0 aliphatic carbocycles. The SMILES string of the molecule is CCCC(=O)N(CC(C)=O)c1cc(CO)cc(Nc2c3ccccc3nc3ccccc23)c1. The molecule has 0 saturated heterocycles. The van der Waals surface area contributed by atoms with Crippen molar-refractivity contribution in [3.63, 3.8) is 0 Å². The largest absolute Gasteiger partial charge is 0.392 e. The predicted molar refractivity (Wildman–Crippen MR) is 133 cm³/mol. The minimum atomic E-state index is -0.184. The van der Waals surface area contributed by atoms with E-state index < -0.39 is 0 Å². The lowest BCUT2D eigenvalue weighted by Crippen LogP contribution is -2.34. The molecule has 0 saturated carbocycles. The van der Waals surface area contributed by atoms with Gasteiger partial charge >= 0.3 is 0 Å². The number of pyridine rings is 1. The summed E-state index contributed by atoms with van der Waals surface area (Å²) in [5.41, 5.74) is 4.59. The highest BCUT2D eigenvalue weighted by atomic mass is 16.3. The highest BCUT2D eigenvalue weighted by Crippen LogP contribution is 2.34.